The van der Waals surface area contributed by atoms with Gasteiger partial charge in [0.15, 0.2) is 0 Å². The van der Waals surface area contributed by atoms with Crippen LogP contribution < -0.4 is 10.6 Å². The van der Waals surface area contributed by atoms with Gasteiger partial charge in [0.05, 0.1) is 6.54 Å². The molecule has 2 saturated heterocycles. The highest BCUT2D eigenvalue weighted by atomic mass is 16.2. The maximum atomic E-state index is 12.8. The molecular formula is C23H31N5O. The number of nitrogens with two attached hydrogens (primary N) is 1. The minimum atomic E-state index is 0.270. The molecule has 0 bridgehead atoms. The number of amides is 1. The summed E-state index contributed by atoms with van der Waals surface area (Å²) < 4.78 is 0. The van der Waals surface area contributed by atoms with Crippen molar-refractivity contribution in [2.24, 2.45) is 5.92 Å². The molecule has 2 aliphatic heterocycles. The number of hydrogen-bond acceptors (Lipinski definition) is 5. The normalized spacial score (nSPS) is 20.2. The van der Waals surface area contributed by atoms with Crippen LogP contribution in [0.15, 0.2) is 42.6 Å². The predicted octanol–water partition coefficient (Wildman–Crippen LogP) is 2.19. The molecule has 1 aromatic heterocycles. The summed E-state index contributed by atoms with van der Waals surface area (Å²) >= 11 is 0. The molecule has 1 atom stereocenters. The van der Waals surface area contributed by atoms with Gasteiger partial charge in [-0.15, -0.1) is 0 Å². The smallest absolute Gasteiger partial charge is 0.236 e. The number of piperazine rings is 1. The minimum Gasteiger partial charge on any atom is -0.384 e. The second kappa shape index (κ2) is 8.82. The topological polar surface area (TPSA) is 65.7 Å². The summed E-state index contributed by atoms with van der Waals surface area (Å²) in [5.41, 5.74) is 9.44. The van der Waals surface area contributed by atoms with E-state index in [-0.39, 0.29) is 5.91 Å². The van der Waals surface area contributed by atoms with Gasteiger partial charge in [-0.2, -0.15) is 0 Å². The Morgan fingerprint density at radius 3 is 2.69 bits per heavy atom. The number of benzene rings is 1. The molecule has 6 nitrogen and oxygen atoms in total. The van der Waals surface area contributed by atoms with Crippen LogP contribution in [-0.2, 0) is 11.2 Å². The molecule has 2 fully saturated rings. The number of carbonyl (C=O) groups excluding carboxylic acids is 1. The van der Waals surface area contributed by atoms with Gasteiger partial charge in [0.25, 0.3) is 0 Å². The van der Waals surface area contributed by atoms with E-state index in [2.05, 4.69) is 46.0 Å². The number of aryl methyl sites for hydroxylation is 1. The largest absolute Gasteiger partial charge is 0.384 e. The van der Waals surface area contributed by atoms with Crippen LogP contribution in [0.4, 0.5) is 11.5 Å². The lowest BCUT2D eigenvalue weighted by molar-refractivity contribution is -0.131. The average molecular weight is 394 g/mol. The molecule has 0 saturated carbocycles. The van der Waals surface area contributed by atoms with E-state index >= 15 is 0 Å². The van der Waals surface area contributed by atoms with Crippen LogP contribution in [0.5, 0.6) is 0 Å². The molecule has 4 rings (SSSR count). The van der Waals surface area contributed by atoms with Gasteiger partial charge in [-0.3, -0.25) is 9.69 Å². The molecule has 0 radical (unpaired) electrons. The third-order valence-corrected chi connectivity index (χ3v) is 6.11. The van der Waals surface area contributed by atoms with E-state index in [4.69, 9.17) is 5.73 Å². The molecule has 154 valence electrons. The van der Waals surface area contributed by atoms with Crippen molar-refractivity contribution in [3.8, 4) is 0 Å². The van der Waals surface area contributed by atoms with E-state index in [1.165, 1.54) is 16.8 Å². The number of nitrogens with zero attached hydrogens (tertiary/aromatic N) is 4. The van der Waals surface area contributed by atoms with Crippen molar-refractivity contribution in [2.45, 2.75) is 19.8 Å². The number of likely N-dealkylation sites (tertiary alicyclic amines) is 1. The molecule has 29 heavy (non-hydrogen) atoms. The van der Waals surface area contributed by atoms with Gasteiger partial charge in [0.2, 0.25) is 5.91 Å². The number of rotatable bonds is 5. The molecule has 1 amide bonds. The number of anilines is 2. The van der Waals surface area contributed by atoms with E-state index in [1.54, 1.807) is 0 Å². The Morgan fingerprint density at radius 1 is 1.14 bits per heavy atom. The molecule has 1 unspecified atom stereocenters. The Hall–Kier alpha value is -2.60. The molecule has 0 spiro atoms. The zero-order chi connectivity index (χ0) is 20.2. The number of hydrogen-bond donors (Lipinski definition) is 1. The van der Waals surface area contributed by atoms with Crippen molar-refractivity contribution in [2.75, 3.05) is 56.4 Å². The fourth-order valence-electron chi connectivity index (χ4n) is 4.40. The van der Waals surface area contributed by atoms with E-state index in [9.17, 15) is 4.79 Å². The van der Waals surface area contributed by atoms with Crippen molar-refractivity contribution >= 4 is 17.4 Å². The fourth-order valence-corrected chi connectivity index (χ4v) is 4.40. The van der Waals surface area contributed by atoms with Crippen LogP contribution in [0, 0.1) is 12.8 Å². The Morgan fingerprint density at radius 2 is 1.97 bits per heavy atom. The lowest BCUT2D eigenvalue weighted by Gasteiger charge is -2.36. The van der Waals surface area contributed by atoms with Gasteiger partial charge >= 0.3 is 0 Å². The molecule has 2 aromatic rings. The van der Waals surface area contributed by atoms with Crippen LogP contribution in [0.1, 0.15) is 17.5 Å². The van der Waals surface area contributed by atoms with Crippen LogP contribution in [0.2, 0.25) is 0 Å². The van der Waals surface area contributed by atoms with Gasteiger partial charge in [-0.25, -0.2) is 4.98 Å². The summed E-state index contributed by atoms with van der Waals surface area (Å²) in [7, 11) is 0. The third-order valence-electron chi connectivity index (χ3n) is 6.11. The Kier molecular flexibility index (Phi) is 6.00. The quantitative estimate of drug-likeness (QED) is 0.844. The monoisotopic (exact) mass is 393 g/mol. The van der Waals surface area contributed by atoms with Crippen molar-refractivity contribution in [3.63, 3.8) is 0 Å². The SMILES string of the molecule is Cc1cccc(N2CCN(CC(=O)N3CCC(Cc4ccc(N)nc4)C3)CC2)c1. The molecule has 0 aliphatic carbocycles. The number of nitrogen functional groups attached to an aromatic ring is 1. The number of aromatic nitrogens is 1. The summed E-state index contributed by atoms with van der Waals surface area (Å²) in [4.78, 5) is 23.7. The second-order valence-electron chi connectivity index (χ2n) is 8.39. The summed E-state index contributed by atoms with van der Waals surface area (Å²) in [6.45, 7) is 8.22. The van der Waals surface area contributed by atoms with Crippen LogP contribution in [-0.4, -0.2) is 66.5 Å². The fraction of sp³-hybridized carbons (Fsp3) is 0.478. The first-order valence-electron chi connectivity index (χ1n) is 10.6. The highest BCUT2D eigenvalue weighted by Gasteiger charge is 2.28. The first-order valence-corrected chi connectivity index (χ1v) is 10.6. The molecule has 6 heteroatoms. The molecule has 2 N–H and O–H groups in total. The van der Waals surface area contributed by atoms with E-state index in [1.807, 2.05) is 23.2 Å². The van der Waals surface area contributed by atoms with Gasteiger partial charge in [-0.05, 0) is 55.0 Å². The second-order valence-corrected chi connectivity index (χ2v) is 8.39. The first kappa shape index (κ1) is 19.7. The lowest BCUT2D eigenvalue weighted by Crippen LogP contribution is -2.50. The third kappa shape index (κ3) is 5.07. The molecule has 3 heterocycles. The van der Waals surface area contributed by atoms with Crippen molar-refractivity contribution in [1.29, 1.82) is 0 Å². The molecule has 2 aliphatic rings. The number of pyridine rings is 1. The van der Waals surface area contributed by atoms with Crippen molar-refractivity contribution < 1.29 is 4.79 Å². The zero-order valence-electron chi connectivity index (χ0n) is 17.3. The lowest BCUT2D eigenvalue weighted by atomic mass is 10.00. The maximum Gasteiger partial charge on any atom is 0.236 e. The predicted molar refractivity (Wildman–Crippen MR) is 117 cm³/mol. The average Bonchev–Trinajstić information content (AvgIpc) is 3.19. The Bertz CT molecular complexity index is 829. The van der Waals surface area contributed by atoms with Crippen molar-refractivity contribution in [1.82, 2.24) is 14.8 Å². The van der Waals surface area contributed by atoms with Gasteiger partial charge in [0, 0.05) is 51.2 Å². The summed E-state index contributed by atoms with van der Waals surface area (Å²) in [6.07, 6.45) is 3.89. The summed E-state index contributed by atoms with van der Waals surface area (Å²) in [6, 6.07) is 12.6. The van der Waals surface area contributed by atoms with Crippen LogP contribution in [0.3, 0.4) is 0 Å². The Balaban J connectivity index is 1.22. The van der Waals surface area contributed by atoms with E-state index < -0.39 is 0 Å². The minimum absolute atomic E-state index is 0.270. The summed E-state index contributed by atoms with van der Waals surface area (Å²) in [5, 5.41) is 0. The van der Waals surface area contributed by atoms with Crippen LogP contribution >= 0.6 is 0 Å². The van der Waals surface area contributed by atoms with Crippen LogP contribution in [0.25, 0.3) is 0 Å². The summed E-state index contributed by atoms with van der Waals surface area (Å²) in [5.74, 6) is 1.34. The van der Waals surface area contributed by atoms with Gasteiger partial charge in [0.1, 0.15) is 5.82 Å². The van der Waals surface area contributed by atoms with Crippen molar-refractivity contribution in [3.05, 3.63) is 53.7 Å². The molecular weight excluding hydrogens is 362 g/mol. The maximum absolute atomic E-state index is 12.8. The van der Waals surface area contributed by atoms with Gasteiger partial charge < -0.3 is 15.5 Å². The van der Waals surface area contributed by atoms with Gasteiger partial charge in [-0.1, -0.05) is 18.2 Å². The van der Waals surface area contributed by atoms with E-state index in [0.29, 0.717) is 18.3 Å². The Labute approximate surface area is 173 Å². The molecule has 1 aromatic carbocycles. The standard InChI is InChI=1S/C23H31N5O/c1-18-3-2-4-21(13-18)27-11-9-26(10-12-27)17-23(29)28-8-7-20(16-28)14-19-5-6-22(24)25-15-19/h2-6,13,15,20H,7-12,14,16-17H2,1H3,(H2,24,25). The number of carbonyl (C=O) groups is 1. The van der Waals surface area contributed by atoms with E-state index in [0.717, 1.165) is 52.1 Å². The zero-order valence-corrected chi connectivity index (χ0v) is 17.3. The highest BCUT2D eigenvalue weighted by Crippen LogP contribution is 2.22. The first-order chi connectivity index (χ1) is 14.1. The highest BCUT2D eigenvalue weighted by molar-refractivity contribution is 5.78.